The lowest BCUT2D eigenvalue weighted by Gasteiger charge is -2.40. The maximum absolute atomic E-state index is 11.1. The molecule has 0 radical (unpaired) electrons. The number of aliphatic hydroxyl groups excluding tert-OH is 1. The number of carbonyl (C=O) groups excluding carboxylic acids is 1. The molecule has 4 nitrogen and oxygen atoms in total. The van der Waals surface area contributed by atoms with Crippen molar-refractivity contribution in [2.45, 2.75) is 39.2 Å². The van der Waals surface area contributed by atoms with Gasteiger partial charge in [0, 0.05) is 6.92 Å². The Morgan fingerprint density at radius 3 is 2.43 bits per heavy atom. The third kappa shape index (κ3) is 3.27. The van der Waals surface area contributed by atoms with Crippen LogP contribution < -0.4 is 5.43 Å². The zero-order valence-electron chi connectivity index (χ0n) is 9.12. The molecule has 82 valence electrons. The van der Waals surface area contributed by atoms with E-state index in [0.717, 1.165) is 25.9 Å². The lowest BCUT2D eigenvalue weighted by molar-refractivity contribution is -0.967. The Bertz CT molecular complexity index is 198. The van der Waals surface area contributed by atoms with Crippen LogP contribution in [0.15, 0.2) is 0 Å². The van der Waals surface area contributed by atoms with Crippen molar-refractivity contribution in [1.29, 1.82) is 0 Å². The molecule has 0 bridgehead atoms. The molecule has 1 heterocycles. The third-order valence-corrected chi connectivity index (χ3v) is 2.68. The highest BCUT2D eigenvalue weighted by atomic mass is 16.3. The first-order chi connectivity index (χ1) is 6.54. The average Bonchev–Trinajstić information content (AvgIpc) is 2.01. The summed E-state index contributed by atoms with van der Waals surface area (Å²) in [5.41, 5.74) is 2.97. The van der Waals surface area contributed by atoms with E-state index in [0.29, 0.717) is 11.1 Å². The molecule has 1 aliphatic rings. The first kappa shape index (κ1) is 11.5. The molecule has 1 unspecified atom stereocenters. The fourth-order valence-corrected chi connectivity index (χ4v) is 2.30. The second-order valence-electron chi connectivity index (χ2n) is 4.35. The molecule has 0 spiro atoms. The van der Waals surface area contributed by atoms with Crippen LogP contribution in [0, 0.1) is 0 Å². The number of hydrogen-bond donors (Lipinski definition) is 2. The van der Waals surface area contributed by atoms with Gasteiger partial charge in [-0.05, 0) is 26.2 Å². The quantitative estimate of drug-likeness (QED) is 0.650. The minimum atomic E-state index is -0.361. The Morgan fingerprint density at radius 1 is 1.43 bits per heavy atom. The zero-order valence-corrected chi connectivity index (χ0v) is 9.12. The lowest BCUT2D eigenvalue weighted by atomic mass is 10.1. The lowest BCUT2D eigenvalue weighted by Crippen LogP contribution is -2.64. The van der Waals surface area contributed by atoms with Crippen LogP contribution in [-0.2, 0) is 4.79 Å². The van der Waals surface area contributed by atoms with Crippen LogP contribution in [0.5, 0.6) is 0 Å². The molecular formula is C10H21N2O2+. The van der Waals surface area contributed by atoms with Crippen molar-refractivity contribution >= 4 is 5.91 Å². The van der Waals surface area contributed by atoms with E-state index in [-0.39, 0.29) is 12.0 Å². The molecule has 0 aromatic rings. The molecule has 4 heteroatoms. The van der Waals surface area contributed by atoms with Gasteiger partial charge in [0.1, 0.15) is 25.7 Å². The van der Waals surface area contributed by atoms with Crippen LogP contribution in [0.4, 0.5) is 0 Å². The van der Waals surface area contributed by atoms with Crippen LogP contribution in [0.2, 0.25) is 0 Å². The number of aliphatic hydroxyl groups is 1. The summed E-state index contributed by atoms with van der Waals surface area (Å²) in [5, 5.41) is 9.42. The predicted molar refractivity (Wildman–Crippen MR) is 54.2 cm³/mol. The number of amides is 1. The van der Waals surface area contributed by atoms with Crippen molar-refractivity contribution < 1.29 is 14.5 Å². The van der Waals surface area contributed by atoms with Crippen molar-refractivity contribution in [3.8, 4) is 0 Å². The first-order valence-corrected chi connectivity index (χ1v) is 5.37. The number of carbonyl (C=O) groups is 1. The molecule has 0 aromatic carbocycles. The van der Waals surface area contributed by atoms with Gasteiger partial charge in [-0.2, -0.15) is 0 Å². The maximum Gasteiger partial charge on any atom is 0.261 e. The highest BCUT2D eigenvalue weighted by molar-refractivity contribution is 5.71. The molecule has 1 amide bonds. The Kier molecular flexibility index (Phi) is 3.89. The number of nitrogens with zero attached hydrogens (tertiary/aromatic N) is 1. The second kappa shape index (κ2) is 4.75. The minimum absolute atomic E-state index is 0.00690. The fraction of sp³-hybridized carbons (Fsp3) is 0.900. The van der Waals surface area contributed by atoms with Crippen molar-refractivity contribution in [2.75, 3.05) is 19.6 Å². The number of rotatable bonds is 3. The maximum atomic E-state index is 11.1. The number of quaternary nitrogens is 1. The Hall–Kier alpha value is -0.610. The van der Waals surface area contributed by atoms with Crippen molar-refractivity contribution in [2.24, 2.45) is 0 Å². The van der Waals surface area contributed by atoms with Gasteiger partial charge in [-0.1, -0.05) is 0 Å². The highest BCUT2D eigenvalue weighted by Gasteiger charge is 2.32. The first-order valence-electron chi connectivity index (χ1n) is 5.37. The molecule has 1 atom stereocenters. The van der Waals surface area contributed by atoms with Crippen LogP contribution >= 0.6 is 0 Å². The molecule has 0 saturated carbocycles. The Balaban J connectivity index is 2.61. The second-order valence-corrected chi connectivity index (χ2v) is 4.35. The van der Waals surface area contributed by atoms with Crippen molar-refractivity contribution in [3.63, 3.8) is 0 Å². The standard InChI is InChI=1S/C10H20N2O2/c1-9(13)8-12(11-10(2)14)6-4-3-5-7-12/h9,13H,3-8H2,1-2H3/p+1. The molecule has 1 saturated heterocycles. The smallest absolute Gasteiger partial charge is 0.261 e. The Morgan fingerprint density at radius 2 is 2.00 bits per heavy atom. The van der Waals surface area contributed by atoms with Crippen LogP contribution in [0.3, 0.4) is 0 Å². The van der Waals surface area contributed by atoms with Crippen LogP contribution in [-0.4, -0.2) is 41.3 Å². The van der Waals surface area contributed by atoms with E-state index in [1.807, 2.05) is 0 Å². The van der Waals surface area contributed by atoms with E-state index in [1.165, 1.54) is 13.3 Å². The molecular weight excluding hydrogens is 180 g/mol. The fourth-order valence-electron chi connectivity index (χ4n) is 2.30. The van der Waals surface area contributed by atoms with E-state index in [4.69, 9.17) is 0 Å². The van der Waals surface area contributed by atoms with E-state index in [2.05, 4.69) is 5.43 Å². The molecule has 0 aliphatic carbocycles. The monoisotopic (exact) mass is 201 g/mol. The number of piperidine rings is 1. The van der Waals surface area contributed by atoms with Gasteiger partial charge in [0.15, 0.2) is 0 Å². The highest BCUT2D eigenvalue weighted by Crippen LogP contribution is 2.16. The largest absolute Gasteiger partial charge is 0.387 e. The van der Waals surface area contributed by atoms with Gasteiger partial charge in [-0.25, -0.2) is 10.0 Å². The summed E-state index contributed by atoms with van der Waals surface area (Å²) in [6.45, 7) is 5.83. The zero-order chi connectivity index (χ0) is 10.6. The topological polar surface area (TPSA) is 49.3 Å². The van der Waals surface area contributed by atoms with E-state index in [9.17, 15) is 9.90 Å². The van der Waals surface area contributed by atoms with Gasteiger partial charge in [0.25, 0.3) is 5.91 Å². The average molecular weight is 201 g/mol. The summed E-state index contributed by atoms with van der Waals surface area (Å²) < 4.78 is 0.562. The molecule has 14 heavy (non-hydrogen) atoms. The molecule has 1 fully saturated rings. The summed E-state index contributed by atoms with van der Waals surface area (Å²) in [4.78, 5) is 11.1. The summed E-state index contributed by atoms with van der Waals surface area (Å²) >= 11 is 0. The van der Waals surface area contributed by atoms with Crippen molar-refractivity contribution in [3.05, 3.63) is 0 Å². The summed E-state index contributed by atoms with van der Waals surface area (Å²) in [7, 11) is 0. The van der Waals surface area contributed by atoms with Crippen molar-refractivity contribution in [1.82, 2.24) is 5.43 Å². The van der Waals surface area contributed by atoms with E-state index < -0.39 is 0 Å². The Labute approximate surface area is 85.5 Å². The molecule has 1 aliphatic heterocycles. The van der Waals surface area contributed by atoms with Gasteiger partial charge in [0.2, 0.25) is 0 Å². The number of hydrogen-bond acceptors (Lipinski definition) is 2. The molecule has 1 rings (SSSR count). The third-order valence-electron chi connectivity index (χ3n) is 2.68. The molecule has 2 N–H and O–H groups in total. The predicted octanol–water partition coefficient (Wildman–Crippen LogP) is 0.419. The molecule has 0 aromatic heterocycles. The van der Waals surface area contributed by atoms with Gasteiger partial charge in [-0.15, -0.1) is 0 Å². The SMILES string of the molecule is CC(=O)N[N+]1(CC(C)O)CCCCC1. The minimum Gasteiger partial charge on any atom is -0.387 e. The van der Waals surface area contributed by atoms with E-state index >= 15 is 0 Å². The van der Waals surface area contributed by atoms with Gasteiger partial charge < -0.3 is 5.11 Å². The number of nitrogens with one attached hydrogen (secondary N) is 1. The number of likely N-dealkylation sites (tertiary alicyclic amines) is 1. The summed E-state index contributed by atoms with van der Waals surface area (Å²) in [6, 6.07) is 0. The summed E-state index contributed by atoms with van der Waals surface area (Å²) in [5.74, 6) is -0.00690. The van der Waals surface area contributed by atoms with E-state index in [1.54, 1.807) is 6.92 Å². The van der Waals surface area contributed by atoms with Crippen LogP contribution in [0.1, 0.15) is 33.1 Å². The van der Waals surface area contributed by atoms with Gasteiger partial charge in [0.05, 0.1) is 0 Å². The van der Waals surface area contributed by atoms with Crippen LogP contribution in [0.25, 0.3) is 0 Å². The van der Waals surface area contributed by atoms with Gasteiger partial charge in [-0.3, -0.25) is 4.79 Å². The summed E-state index contributed by atoms with van der Waals surface area (Å²) in [6.07, 6.45) is 3.14. The van der Waals surface area contributed by atoms with Gasteiger partial charge >= 0.3 is 0 Å². The normalized spacial score (nSPS) is 22.8.